The largest absolute Gasteiger partial charge is 0.478 e. The van der Waals surface area contributed by atoms with Crippen LogP contribution >= 0.6 is 11.8 Å². The molecule has 0 saturated carbocycles. The molecule has 0 aliphatic heterocycles. The van der Waals surface area contributed by atoms with Crippen LogP contribution in [0.4, 0.5) is 4.79 Å². The van der Waals surface area contributed by atoms with Gasteiger partial charge in [0.05, 0.1) is 0 Å². The number of carbonyl (C=O) groups excluding carboxylic acids is 2. The molecular formula is C9H14N2O4S. The highest BCUT2D eigenvalue weighted by molar-refractivity contribution is 7.98. The van der Waals surface area contributed by atoms with Crippen LogP contribution in [0.25, 0.3) is 0 Å². The van der Waals surface area contributed by atoms with E-state index in [0.29, 0.717) is 6.08 Å². The van der Waals surface area contributed by atoms with E-state index >= 15 is 0 Å². The summed E-state index contributed by atoms with van der Waals surface area (Å²) >= 11 is 1.57. The highest BCUT2D eigenvalue weighted by Gasteiger charge is 2.08. The molecule has 0 rings (SSSR count). The Balaban J connectivity index is 3.96. The Bertz CT molecular complexity index is 304. The minimum Gasteiger partial charge on any atom is -0.478 e. The molecule has 0 radical (unpaired) electrons. The highest BCUT2D eigenvalue weighted by atomic mass is 32.2. The average molecular weight is 246 g/mol. The molecule has 0 heterocycles. The molecule has 1 atom stereocenters. The van der Waals surface area contributed by atoms with Crippen molar-refractivity contribution in [3.63, 3.8) is 0 Å². The van der Waals surface area contributed by atoms with E-state index in [-0.39, 0.29) is 6.04 Å². The second kappa shape index (κ2) is 7.75. The molecule has 16 heavy (non-hydrogen) atoms. The Kier molecular flexibility index (Phi) is 7.02. The number of carboxylic acids is 1. The van der Waals surface area contributed by atoms with Crippen molar-refractivity contribution >= 4 is 29.7 Å². The van der Waals surface area contributed by atoms with Crippen LogP contribution in [0.5, 0.6) is 0 Å². The number of thioether (sulfide) groups is 1. The summed E-state index contributed by atoms with van der Waals surface area (Å²) in [7, 11) is 0. The number of nitrogens with one attached hydrogen (secondary N) is 2. The Morgan fingerprint density at radius 1 is 1.38 bits per heavy atom. The summed E-state index contributed by atoms with van der Waals surface area (Å²) in [6, 6.07) is -0.701. The number of rotatable bonds is 5. The number of amides is 3. The lowest BCUT2D eigenvalue weighted by molar-refractivity contribution is -0.131. The van der Waals surface area contributed by atoms with Crippen molar-refractivity contribution in [1.82, 2.24) is 10.6 Å². The molecule has 0 bridgehead atoms. The van der Waals surface area contributed by atoms with Crippen molar-refractivity contribution in [3.8, 4) is 0 Å². The molecule has 6 nitrogen and oxygen atoms in total. The van der Waals surface area contributed by atoms with Gasteiger partial charge < -0.3 is 10.4 Å². The summed E-state index contributed by atoms with van der Waals surface area (Å²) in [5.41, 5.74) is 0. The number of urea groups is 1. The lowest BCUT2D eigenvalue weighted by atomic mass is 10.4. The summed E-state index contributed by atoms with van der Waals surface area (Å²) < 4.78 is 0. The fourth-order valence-electron chi connectivity index (χ4n) is 0.852. The van der Waals surface area contributed by atoms with Crippen LogP contribution in [0.1, 0.15) is 6.92 Å². The van der Waals surface area contributed by atoms with Gasteiger partial charge in [-0.05, 0) is 13.2 Å². The number of hydrogen-bond donors (Lipinski definition) is 3. The third-order valence-corrected chi connectivity index (χ3v) is 2.24. The number of carboxylic acid groups (broad SMARTS) is 1. The third kappa shape index (κ3) is 7.86. The van der Waals surface area contributed by atoms with Crippen LogP contribution in [-0.2, 0) is 9.59 Å². The molecule has 0 aliphatic carbocycles. The van der Waals surface area contributed by atoms with E-state index < -0.39 is 17.9 Å². The van der Waals surface area contributed by atoms with Crippen LogP contribution in [0.2, 0.25) is 0 Å². The molecule has 0 aromatic rings. The van der Waals surface area contributed by atoms with Crippen molar-refractivity contribution in [3.05, 3.63) is 12.2 Å². The Morgan fingerprint density at radius 2 is 2.00 bits per heavy atom. The molecule has 0 aliphatic rings. The van der Waals surface area contributed by atoms with Crippen molar-refractivity contribution in [2.24, 2.45) is 0 Å². The monoisotopic (exact) mass is 246 g/mol. The maximum absolute atomic E-state index is 11.1. The maximum Gasteiger partial charge on any atom is 0.328 e. The zero-order valence-corrected chi connectivity index (χ0v) is 9.84. The fourth-order valence-corrected chi connectivity index (χ4v) is 1.44. The van der Waals surface area contributed by atoms with Gasteiger partial charge in [0, 0.05) is 23.9 Å². The van der Waals surface area contributed by atoms with Gasteiger partial charge in [0.1, 0.15) is 0 Å². The molecule has 90 valence electrons. The number of carbonyl (C=O) groups is 3. The van der Waals surface area contributed by atoms with Crippen LogP contribution < -0.4 is 10.6 Å². The standard InChI is InChI=1S/C9H14N2O4S/c1-6(5-16-2)10-9(15)11-7(12)3-4-8(13)14/h3-4,6H,5H2,1-2H3,(H,13,14)(H2,10,11,12,15)/b4-3+. The van der Waals surface area contributed by atoms with Gasteiger partial charge in [-0.15, -0.1) is 0 Å². The molecule has 1 unspecified atom stereocenters. The normalized spacial score (nSPS) is 12.1. The van der Waals surface area contributed by atoms with Gasteiger partial charge in [0.2, 0.25) is 0 Å². The molecule has 0 saturated heterocycles. The van der Waals surface area contributed by atoms with Crippen LogP contribution in [0.15, 0.2) is 12.2 Å². The van der Waals surface area contributed by atoms with Crippen LogP contribution in [0.3, 0.4) is 0 Å². The number of imide groups is 1. The second-order valence-corrected chi connectivity index (χ2v) is 3.90. The maximum atomic E-state index is 11.1. The average Bonchev–Trinajstić information content (AvgIpc) is 2.14. The molecule has 3 amide bonds. The van der Waals surface area contributed by atoms with E-state index in [1.165, 1.54) is 0 Å². The molecule has 0 fully saturated rings. The first kappa shape index (κ1) is 14.5. The van der Waals surface area contributed by atoms with E-state index in [2.05, 4.69) is 5.32 Å². The number of hydrogen-bond acceptors (Lipinski definition) is 4. The van der Waals surface area contributed by atoms with E-state index in [0.717, 1.165) is 11.8 Å². The van der Waals surface area contributed by atoms with Crippen molar-refractivity contribution in [1.29, 1.82) is 0 Å². The van der Waals surface area contributed by atoms with Gasteiger partial charge in [-0.25, -0.2) is 9.59 Å². The molecule has 0 spiro atoms. The van der Waals surface area contributed by atoms with Crippen molar-refractivity contribution in [2.75, 3.05) is 12.0 Å². The first-order valence-electron chi connectivity index (χ1n) is 4.47. The van der Waals surface area contributed by atoms with Gasteiger partial charge in [-0.2, -0.15) is 11.8 Å². The van der Waals surface area contributed by atoms with E-state index in [1.54, 1.807) is 18.7 Å². The smallest absolute Gasteiger partial charge is 0.328 e. The van der Waals surface area contributed by atoms with E-state index in [1.807, 2.05) is 11.6 Å². The van der Waals surface area contributed by atoms with Crippen molar-refractivity contribution in [2.45, 2.75) is 13.0 Å². The van der Waals surface area contributed by atoms with Gasteiger partial charge in [-0.1, -0.05) is 0 Å². The topological polar surface area (TPSA) is 95.5 Å². The third-order valence-electron chi connectivity index (χ3n) is 1.41. The summed E-state index contributed by atoms with van der Waals surface area (Å²) in [6.45, 7) is 1.80. The van der Waals surface area contributed by atoms with E-state index in [4.69, 9.17) is 5.11 Å². The van der Waals surface area contributed by atoms with Crippen LogP contribution in [0, 0.1) is 0 Å². The quantitative estimate of drug-likeness (QED) is 0.602. The highest BCUT2D eigenvalue weighted by Crippen LogP contribution is 1.95. The van der Waals surface area contributed by atoms with Gasteiger partial charge >= 0.3 is 12.0 Å². The first-order chi connectivity index (χ1) is 7.45. The Morgan fingerprint density at radius 3 is 2.50 bits per heavy atom. The molecule has 7 heteroatoms. The minimum absolute atomic E-state index is 0.0637. The second-order valence-electron chi connectivity index (χ2n) is 2.99. The van der Waals surface area contributed by atoms with Gasteiger partial charge in [0.25, 0.3) is 5.91 Å². The molecule has 3 N–H and O–H groups in total. The molecular weight excluding hydrogens is 232 g/mol. The zero-order chi connectivity index (χ0) is 12.6. The molecule has 0 aromatic heterocycles. The predicted molar refractivity (Wildman–Crippen MR) is 61.3 cm³/mol. The lowest BCUT2D eigenvalue weighted by Gasteiger charge is -2.11. The predicted octanol–water partition coefficient (Wildman–Crippen LogP) is 0.204. The summed E-state index contributed by atoms with van der Waals surface area (Å²) in [4.78, 5) is 32.2. The van der Waals surface area contributed by atoms with Crippen molar-refractivity contribution < 1.29 is 19.5 Å². The van der Waals surface area contributed by atoms with Gasteiger partial charge in [-0.3, -0.25) is 10.1 Å². The van der Waals surface area contributed by atoms with Crippen LogP contribution in [-0.4, -0.2) is 41.1 Å². The first-order valence-corrected chi connectivity index (χ1v) is 5.86. The fraction of sp³-hybridized carbons (Fsp3) is 0.444. The zero-order valence-electron chi connectivity index (χ0n) is 9.02. The van der Waals surface area contributed by atoms with Gasteiger partial charge in [0.15, 0.2) is 0 Å². The molecule has 0 aromatic carbocycles. The summed E-state index contributed by atoms with van der Waals surface area (Å²) in [6.07, 6.45) is 3.34. The Hall–Kier alpha value is -1.50. The lowest BCUT2D eigenvalue weighted by Crippen LogP contribution is -2.43. The summed E-state index contributed by atoms with van der Waals surface area (Å²) in [5.74, 6) is -1.28. The SMILES string of the molecule is CSCC(C)NC(=O)NC(=O)/C=C/C(=O)O. The number of aliphatic carboxylic acids is 1. The summed E-state index contributed by atoms with van der Waals surface area (Å²) in [5, 5.41) is 12.7. The Labute approximate surface area is 97.5 Å². The minimum atomic E-state index is -1.24. The van der Waals surface area contributed by atoms with E-state index in [9.17, 15) is 14.4 Å².